The van der Waals surface area contributed by atoms with E-state index in [2.05, 4.69) is 5.32 Å². The van der Waals surface area contributed by atoms with Crippen molar-refractivity contribution in [1.29, 1.82) is 0 Å². The van der Waals surface area contributed by atoms with E-state index in [1.165, 1.54) is 11.3 Å². The number of allylic oxidation sites excluding steroid dienone is 1. The molecule has 1 aliphatic rings. The summed E-state index contributed by atoms with van der Waals surface area (Å²) in [6, 6.07) is 26.2. The number of thiazole rings is 1. The van der Waals surface area contributed by atoms with E-state index in [1.54, 1.807) is 79.3 Å². The molecule has 1 aliphatic heterocycles. The van der Waals surface area contributed by atoms with Gasteiger partial charge in [0.2, 0.25) is 0 Å². The number of fused-ring (bicyclic) bond motifs is 1. The maximum atomic E-state index is 14.2. The van der Waals surface area contributed by atoms with Gasteiger partial charge in [0.25, 0.3) is 11.5 Å². The molecule has 0 unspecified atom stereocenters. The van der Waals surface area contributed by atoms with Gasteiger partial charge in [0.1, 0.15) is 18.1 Å². The van der Waals surface area contributed by atoms with Crippen molar-refractivity contribution in [1.82, 2.24) is 4.57 Å². The van der Waals surface area contributed by atoms with Crippen molar-refractivity contribution in [2.75, 3.05) is 12.4 Å². The first-order chi connectivity index (χ1) is 22.2. The molecule has 4 aromatic carbocycles. The standard InChI is InChI=1S/C35H26Cl3N3O4S/c1-20-31(33(42)40-25-6-4-3-5-7-25)32(22-9-12-26(44-2)13-10-22)41-34(43)30(46-35(41)39-20)18-23-17-24(36)11-15-29(23)45-19-21-8-14-27(37)28(38)16-21/h3-18,32H,19H2,1-2H3,(H,40,42)/b30-18+/t32-/m0/s1. The Morgan fingerprint density at radius 2 is 1.74 bits per heavy atom. The van der Waals surface area contributed by atoms with Crippen molar-refractivity contribution in [3.05, 3.63) is 154 Å². The zero-order chi connectivity index (χ0) is 32.4. The van der Waals surface area contributed by atoms with Gasteiger partial charge in [0.15, 0.2) is 4.80 Å². The second-order valence-corrected chi connectivity index (χ2v) is 12.7. The van der Waals surface area contributed by atoms with Crippen molar-refractivity contribution in [2.24, 2.45) is 4.99 Å². The number of amides is 1. The van der Waals surface area contributed by atoms with E-state index in [9.17, 15) is 9.59 Å². The number of carbonyl (C=O) groups excluding carboxylic acids is 1. The first-order valence-electron chi connectivity index (χ1n) is 14.1. The summed E-state index contributed by atoms with van der Waals surface area (Å²) in [5.74, 6) is 0.823. The van der Waals surface area contributed by atoms with Crippen LogP contribution in [-0.4, -0.2) is 17.6 Å². The highest BCUT2D eigenvalue weighted by atomic mass is 35.5. The summed E-state index contributed by atoms with van der Waals surface area (Å²) in [7, 11) is 1.58. The molecule has 1 atom stereocenters. The van der Waals surface area contributed by atoms with Crippen molar-refractivity contribution in [3.63, 3.8) is 0 Å². The van der Waals surface area contributed by atoms with Crippen LogP contribution in [0.2, 0.25) is 15.1 Å². The minimum Gasteiger partial charge on any atom is -0.497 e. The highest BCUT2D eigenvalue weighted by Crippen LogP contribution is 2.32. The van der Waals surface area contributed by atoms with Gasteiger partial charge in [-0.1, -0.05) is 82.5 Å². The minimum atomic E-state index is -0.738. The predicted molar refractivity (Wildman–Crippen MR) is 184 cm³/mol. The first-order valence-corrected chi connectivity index (χ1v) is 16.1. The van der Waals surface area contributed by atoms with Crippen LogP contribution in [0.4, 0.5) is 5.69 Å². The van der Waals surface area contributed by atoms with E-state index in [1.807, 2.05) is 36.4 Å². The fourth-order valence-corrected chi connectivity index (χ4v) is 6.67. The number of rotatable bonds is 8. The van der Waals surface area contributed by atoms with E-state index >= 15 is 0 Å². The van der Waals surface area contributed by atoms with Crippen molar-refractivity contribution >= 4 is 63.8 Å². The molecule has 0 saturated heterocycles. The molecule has 0 aliphatic carbocycles. The van der Waals surface area contributed by atoms with Gasteiger partial charge in [-0.05, 0) is 78.7 Å². The van der Waals surface area contributed by atoms with Gasteiger partial charge < -0.3 is 14.8 Å². The second-order valence-electron chi connectivity index (χ2n) is 10.4. The average Bonchev–Trinajstić information content (AvgIpc) is 3.35. The largest absolute Gasteiger partial charge is 0.497 e. The van der Waals surface area contributed by atoms with E-state index < -0.39 is 6.04 Å². The molecule has 0 radical (unpaired) electrons. The number of para-hydroxylation sites is 1. The van der Waals surface area contributed by atoms with E-state index in [0.29, 0.717) is 58.4 Å². The van der Waals surface area contributed by atoms with E-state index in [0.717, 1.165) is 11.1 Å². The van der Waals surface area contributed by atoms with Crippen molar-refractivity contribution in [2.45, 2.75) is 19.6 Å². The molecule has 0 saturated carbocycles. The summed E-state index contributed by atoms with van der Waals surface area (Å²) < 4.78 is 13.4. The Bertz CT molecular complexity index is 2160. The molecule has 1 N–H and O–H groups in total. The molecule has 11 heteroatoms. The Hall–Kier alpha value is -4.34. The zero-order valence-electron chi connectivity index (χ0n) is 24.6. The number of aromatic nitrogens is 1. The van der Waals surface area contributed by atoms with Crippen molar-refractivity contribution in [3.8, 4) is 11.5 Å². The lowest BCUT2D eigenvalue weighted by Crippen LogP contribution is -2.40. The number of nitrogens with one attached hydrogen (secondary N) is 1. The molecule has 46 heavy (non-hydrogen) atoms. The summed E-state index contributed by atoms with van der Waals surface area (Å²) in [4.78, 5) is 33.2. The van der Waals surface area contributed by atoms with Gasteiger partial charge in [-0.25, -0.2) is 4.99 Å². The molecular weight excluding hydrogens is 665 g/mol. The minimum absolute atomic E-state index is 0.219. The second kappa shape index (κ2) is 13.6. The number of carbonyl (C=O) groups is 1. The topological polar surface area (TPSA) is 81.9 Å². The summed E-state index contributed by atoms with van der Waals surface area (Å²) in [6.45, 7) is 2.00. The SMILES string of the molecule is COc1ccc([C@H]2C(C(=O)Nc3ccccc3)=C(C)N=c3s/c(=C/c4cc(Cl)ccc4OCc4ccc(Cl)c(Cl)c4)c(=O)n32)cc1. The summed E-state index contributed by atoms with van der Waals surface area (Å²) in [5, 5.41) is 4.33. The maximum Gasteiger partial charge on any atom is 0.271 e. The van der Waals surface area contributed by atoms with Crippen LogP contribution in [0.1, 0.15) is 29.7 Å². The molecule has 7 nitrogen and oxygen atoms in total. The normalized spacial score (nSPS) is 14.5. The zero-order valence-corrected chi connectivity index (χ0v) is 27.7. The van der Waals surface area contributed by atoms with Crippen molar-refractivity contribution < 1.29 is 14.3 Å². The lowest BCUT2D eigenvalue weighted by molar-refractivity contribution is -0.113. The van der Waals surface area contributed by atoms with E-state index in [-0.39, 0.29) is 18.1 Å². The van der Waals surface area contributed by atoms with Gasteiger partial charge in [-0.3, -0.25) is 14.2 Å². The maximum absolute atomic E-state index is 14.2. The van der Waals surface area contributed by atoms with Gasteiger partial charge in [-0.15, -0.1) is 0 Å². The number of hydrogen-bond acceptors (Lipinski definition) is 6. The summed E-state index contributed by atoms with van der Waals surface area (Å²) >= 11 is 19.8. The Kier molecular flexibility index (Phi) is 9.33. The predicted octanol–water partition coefficient (Wildman–Crippen LogP) is 7.42. The lowest BCUT2D eigenvalue weighted by atomic mass is 9.95. The molecule has 0 bridgehead atoms. The third-order valence-corrected chi connectivity index (χ3v) is 9.32. The number of nitrogens with zero attached hydrogens (tertiary/aromatic N) is 2. The summed E-state index contributed by atoms with van der Waals surface area (Å²) in [5.41, 5.74) is 3.36. The average molecular weight is 691 g/mol. The lowest BCUT2D eigenvalue weighted by Gasteiger charge is -2.25. The van der Waals surface area contributed by atoms with Crippen LogP contribution in [0.3, 0.4) is 0 Å². The molecule has 5 aromatic rings. The quantitative estimate of drug-likeness (QED) is 0.184. The smallest absolute Gasteiger partial charge is 0.271 e. The fourth-order valence-electron chi connectivity index (χ4n) is 5.13. The number of methoxy groups -OCH3 is 1. The van der Waals surface area contributed by atoms with Gasteiger partial charge >= 0.3 is 0 Å². The first kappa shape index (κ1) is 31.6. The van der Waals surface area contributed by atoms with Crippen LogP contribution < -0.4 is 29.7 Å². The number of ether oxygens (including phenoxy) is 2. The highest BCUT2D eigenvalue weighted by Gasteiger charge is 2.32. The van der Waals surface area contributed by atoms with Crippen LogP contribution in [0.15, 0.2) is 112 Å². The highest BCUT2D eigenvalue weighted by molar-refractivity contribution is 7.07. The van der Waals surface area contributed by atoms with Crippen LogP contribution >= 0.6 is 46.1 Å². The van der Waals surface area contributed by atoms with Gasteiger partial charge in [0, 0.05) is 16.3 Å². The Labute approximate surface area is 283 Å². The number of halogens is 3. The summed E-state index contributed by atoms with van der Waals surface area (Å²) in [6.07, 6.45) is 1.73. The molecule has 1 amide bonds. The molecular formula is C35H26Cl3N3O4S. The fraction of sp³-hybridized carbons (Fsp3) is 0.114. The van der Waals surface area contributed by atoms with Gasteiger partial charge in [0.05, 0.1) is 39.0 Å². The van der Waals surface area contributed by atoms with Crippen LogP contribution in [0, 0.1) is 0 Å². The molecule has 1 aromatic heterocycles. The third kappa shape index (κ3) is 6.62. The Balaban J connectivity index is 1.43. The number of benzene rings is 4. The van der Waals surface area contributed by atoms with Crippen LogP contribution in [0.5, 0.6) is 11.5 Å². The van der Waals surface area contributed by atoms with Crippen LogP contribution in [-0.2, 0) is 11.4 Å². The van der Waals surface area contributed by atoms with E-state index in [4.69, 9.17) is 49.3 Å². The number of anilines is 1. The molecule has 6 rings (SSSR count). The van der Waals surface area contributed by atoms with Gasteiger partial charge in [-0.2, -0.15) is 0 Å². The third-order valence-electron chi connectivity index (χ3n) is 7.37. The Morgan fingerprint density at radius 3 is 2.46 bits per heavy atom. The molecule has 2 heterocycles. The number of hydrogen-bond donors (Lipinski definition) is 1. The Morgan fingerprint density at radius 1 is 0.978 bits per heavy atom. The molecule has 0 spiro atoms. The molecule has 232 valence electrons. The monoisotopic (exact) mass is 689 g/mol. The molecule has 0 fully saturated rings. The van der Waals surface area contributed by atoms with Crippen LogP contribution in [0.25, 0.3) is 6.08 Å².